The smallest absolute Gasteiger partial charge is 0.109 e. The predicted molar refractivity (Wildman–Crippen MR) is 78.3 cm³/mol. The van der Waals surface area contributed by atoms with E-state index in [4.69, 9.17) is 0 Å². The molecule has 96 valence electrons. The van der Waals surface area contributed by atoms with Gasteiger partial charge in [0.15, 0.2) is 0 Å². The van der Waals surface area contributed by atoms with E-state index in [0.717, 1.165) is 6.42 Å². The first-order valence-electron chi connectivity index (χ1n) is 6.60. The van der Waals surface area contributed by atoms with Gasteiger partial charge >= 0.3 is 0 Å². The summed E-state index contributed by atoms with van der Waals surface area (Å²) in [6.07, 6.45) is 6.83. The van der Waals surface area contributed by atoms with Crippen LogP contribution in [0.4, 0.5) is 0 Å². The van der Waals surface area contributed by atoms with Crippen LogP contribution in [-0.2, 0) is 6.42 Å². The second-order valence-electron chi connectivity index (χ2n) is 4.74. The summed E-state index contributed by atoms with van der Waals surface area (Å²) in [6.45, 7) is 2.23. The molecule has 0 fully saturated rings. The van der Waals surface area contributed by atoms with Gasteiger partial charge in [-0.1, -0.05) is 6.92 Å². The van der Waals surface area contributed by atoms with Gasteiger partial charge in [0.25, 0.3) is 0 Å². The highest BCUT2D eigenvalue weighted by Gasteiger charge is 2.24. The average molecular weight is 278 g/mol. The third-order valence-corrected chi connectivity index (χ3v) is 5.50. The largest absolute Gasteiger partial charge is 0.301 e. The van der Waals surface area contributed by atoms with Gasteiger partial charge < -0.3 is 5.32 Å². The lowest BCUT2D eigenvalue weighted by atomic mass is 9.93. The van der Waals surface area contributed by atoms with Crippen LogP contribution in [-0.4, -0.2) is 4.98 Å². The third-order valence-electron chi connectivity index (χ3n) is 3.61. The predicted octanol–water partition coefficient (Wildman–Crippen LogP) is 4.32. The number of hydrogen-bond acceptors (Lipinski definition) is 4. The molecule has 1 aliphatic carbocycles. The normalized spacial score (nSPS) is 20.6. The maximum atomic E-state index is 4.46. The number of aromatic nitrogens is 1. The minimum atomic E-state index is 0.404. The SMILES string of the molecule is CCC(NC1CCCc2sccc21)c1nccs1. The van der Waals surface area contributed by atoms with Crippen LogP contribution in [0.15, 0.2) is 23.0 Å². The van der Waals surface area contributed by atoms with Gasteiger partial charge in [-0.05, 0) is 42.7 Å². The van der Waals surface area contributed by atoms with Crippen LogP contribution in [0, 0.1) is 0 Å². The molecule has 4 heteroatoms. The topological polar surface area (TPSA) is 24.9 Å². The molecule has 3 rings (SSSR count). The Morgan fingerprint density at radius 2 is 2.39 bits per heavy atom. The van der Waals surface area contributed by atoms with Crippen molar-refractivity contribution >= 4 is 22.7 Å². The molecule has 0 amide bonds. The second-order valence-corrected chi connectivity index (χ2v) is 6.67. The van der Waals surface area contributed by atoms with Crippen molar-refractivity contribution < 1.29 is 0 Å². The minimum absolute atomic E-state index is 0.404. The van der Waals surface area contributed by atoms with E-state index in [1.165, 1.54) is 29.8 Å². The van der Waals surface area contributed by atoms with Crippen molar-refractivity contribution in [1.29, 1.82) is 0 Å². The zero-order valence-corrected chi connectivity index (χ0v) is 12.2. The van der Waals surface area contributed by atoms with Crippen molar-refractivity contribution in [2.24, 2.45) is 0 Å². The van der Waals surface area contributed by atoms with Gasteiger partial charge in [-0.15, -0.1) is 22.7 Å². The summed E-state index contributed by atoms with van der Waals surface area (Å²) in [7, 11) is 0. The van der Waals surface area contributed by atoms with Crippen molar-refractivity contribution in [3.63, 3.8) is 0 Å². The number of thiazole rings is 1. The fourth-order valence-corrected chi connectivity index (χ4v) is 4.44. The summed E-state index contributed by atoms with van der Waals surface area (Å²) in [4.78, 5) is 6.03. The molecule has 1 aliphatic rings. The second kappa shape index (κ2) is 5.51. The standard InChI is InChI=1S/C14H18N2S2/c1-2-11(14-15-7-9-18-14)16-12-4-3-5-13-10(12)6-8-17-13/h6-9,11-12,16H,2-5H2,1H3. The quantitative estimate of drug-likeness (QED) is 0.900. The van der Waals surface area contributed by atoms with Crippen molar-refractivity contribution in [3.8, 4) is 0 Å². The molecule has 2 atom stereocenters. The van der Waals surface area contributed by atoms with Crippen molar-refractivity contribution in [2.45, 2.75) is 44.7 Å². The Labute approximate surface area is 116 Å². The minimum Gasteiger partial charge on any atom is -0.301 e. The number of rotatable bonds is 4. The van der Waals surface area contributed by atoms with Gasteiger partial charge in [0.2, 0.25) is 0 Å². The number of fused-ring (bicyclic) bond motifs is 1. The van der Waals surface area contributed by atoms with Crippen LogP contribution in [0.25, 0.3) is 0 Å². The molecular weight excluding hydrogens is 260 g/mol. The molecule has 0 aliphatic heterocycles. The van der Waals surface area contributed by atoms with Crippen molar-refractivity contribution in [3.05, 3.63) is 38.5 Å². The van der Waals surface area contributed by atoms with Crippen LogP contribution in [0.5, 0.6) is 0 Å². The highest BCUT2D eigenvalue weighted by Crippen LogP contribution is 2.35. The van der Waals surface area contributed by atoms with Crippen LogP contribution in [0.3, 0.4) is 0 Å². The van der Waals surface area contributed by atoms with E-state index in [0.29, 0.717) is 12.1 Å². The highest BCUT2D eigenvalue weighted by atomic mass is 32.1. The molecule has 2 heterocycles. The molecule has 0 radical (unpaired) electrons. The number of thiophene rings is 1. The molecule has 0 aromatic carbocycles. The van der Waals surface area contributed by atoms with Gasteiger partial charge in [-0.3, -0.25) is 0 Å². The Kier molecular flexibility index (Phi) is 3.77. The molecular formula is C14H18N2S2. The number of aryl methyl sites for hydroxylation is 1. The molecule has 2 nitrogen and oxygen atoms in total. The first kappa shape index (κ1) is 12.3. The summed E-state index contributed by atoms with van der Waals surface area (Å²) < 4.78 is 0. The summed E-state index contributed by atoms with van der Waals surface area (Å²) in [5.74, 6) is 0. The molecule has 2 unspecified atom stereocenters. The molecule has 2 aromatic rings. The maximum absolute atomic E-state index is 4.46. The Balaban J connectivity index is 1.77. The zero-order valence-electron chi connectivity index (χ0n) is 10.6. The first-order chi connectivity index (χ1) is 8.88. The van der Waals surface area contributed by atoms with E-state index >= 15 is 0 Å². The first-order valence-corrected chi connectivity index (χ1v) is 8.36. The highest BCUT2D eigenvalue weighted by molar-refractivity contribution is 7.10. The Hall–Kier alpha value is -0.710. The van der Waals surface area contributed by atoms with Gasteiger partial charge in [0.1, 0.15) is 5.01 Å². The summed E-state index contributed by atoms with van der Waals surface area (Å²) in [6, 6.07) is 3.22. The molecule has 0 saturated carbocycles. The van der Waals surface area contributed by atoms with Crippen molar-refractivity contribution in [1.82, 2.24) is 10.3 Å². The van der Waals surface area contributed by atoms with Gasteiger partial charge in [-0.25, -0.2) is 4.98 Å². The summed E-state index contributed by atoms with van der Waals surface area (Å²) in [5.41, 5.74) is 1.53. The zero-order chi connectivity index (χ0) is 12.4. The molecule has 0 bridgehead atoms. The van der Waals surface area contributed by atoms with E-state index in [2.05, 4.69) is 34.1 Å². The number of hydrogen-bond donors (Lipinski definition) is 1. The molecule has 2 aromatic heterocycles. The monoisotopic (exact) mass is 278 g/mol. The van der Waals surface area contributed by atoms with Gasteiger partial charge in [-0.2, -0.15) is 0 Å². The van der Waals surface area contributed by atoms with Crippen LogP contribution >= 0.6 is 22.7 Å². The fraction of sp³-hybridized carbons (Fsp3) is 0.500. The Bertz CT molecular complexity index is 490. The van der Waals surface area contributed by atoms with E-state index in [1.807, 2.05) is 17.5 Å². The average Bonchev–Trinajstić information content (AvgIpc) is 3.06. The lowest BCUT2D eigenvalue weighted by Gasteiger charge is -2.27. The van der Waals surface area contributed by atoms with Crippen LogP contribution in [0.2, 0.25) is 0 Å². The Morgan fingerprint density at radius 3 is 3.17 bits per heavy atom. The van der Waals surface area contributed by atoms with E-state index in [9.17, 15) is 0 Å². The van der Waals surface area contributed by atoms with Crippen LogP contribution < -0.4 is 5.32 Å². The lowest BCUT2D eigenvalue weighted by Crippen LogP contribution is -2.28. The van der Waals surface area contributed by atoms with Gasteiger partial charge in [0, 0.05) is 22.5 Å². The molecule has 0 spiro atoms. The maximum Gasteiger partial charge on any atom is 0.109 e. The molecule has 18 heavy (non-hydrogen) atoms. The lowest BCUT2D eigenvalue weighted by molar-refractivity contribution is 0.395. The third kappa shape index (κ3) is 2.37. The van der Waals surface area contributed by atoms with Gasteiger partial charge in [0.05, 0.1) is 6.04 Å². The molecule has 1 N–H and O–H groups in total. The van der Waals surface area contributed by atoms with E-state index < -0.39 is 0 Å². The fourth-order valence-electron chi connectivity index (χ4n) is 2.67. The van der Waals surface area contributed by atoms with E-state index in [-0.39, 0.29) is 0 Å². The molecule has 0 saturated heterocycles. The summed E-state index contributed by atoms with van der Waals surface area (Å²) in [5, 5.41) is 9.32. The number of nitrogens with one attached hydrogen (secondary N) is 1. The number of nitrogens with zero attached hydrogens (tertiary/aromatic N) is 1. The van der Waals surface area contributed by atoms with Crippen LogP contribution in [0.1, 0.15) is 53.7 Å². The van der Waals surface area contributed by atoms with Crippen molar-refractivity contribution in [2.75, 3.05) is 0 Å². The van der Waals surface area contributed by atoms with E-state index in [1.54, 1.807) is 16.2 Å². The summed E-state index contributed by atoms with van der Waals surface area (Å²) >= 11 is 3.66. The Morgan fingerprint density at radius 1 is 1.44 bits per heavy atom.